The lowest BCUT2D eigenvalue weighted by Crippen LogP contribution is -1.88. The molecule has 6 heteroatoms. The number of nitrogens with zero attached hydrogens (tertiary/aromatic N) is 2. The van der Waals surface area contributed by atoms with E-state index >= 15 is 0 Å². The van der Waals surface area contributed by atoms with E-state index in [1.165, 1.54) is 0 Å². The van der Waals surface area contributed by atoms with E-state index in [0.717, 1.165) is 34.2 Å². The molecule has 15 heavy (non-hydrogen) atoms. The van der Waals surface area contributed by atoms with Crippen LogP contribution in [0.3, 0.4) is 0 Å². The predicted molar refractivity (Wildman–Crippen MR) is 63.6 cm³/mol. The topological polar surface area (TPSA) is 57.4 Å². The van der Waals surface area contributed by atoms with E-state index in [1.807, 2.05) is 6.92 Å². The molecule has 4 nitrogen and oxygen atoms in total. The molecule has 0 spiro atoms. The highest BCUT2D eigenvalue weighted by atomic mass is 32.1. The van der Waals surface area contributed by atoms with Gasteiger partial charge in [-0.1, -0.05) is 13.3 Å². The summed E-state index contributed by atoms with van der Waals surface area (Å²) in [5.74, 6) is 0.800. The van der Waals surface area contributed by atoms with Crippen molar-refractivity contribution in [3.05, 3.63) is 15.5 Å². The Kier molecular flexibility index (Phi) is 2.97. The average Bonchev–Trinajstić information content (AvgIpc) is 2.73. The Morgan fingerprint density at radius 1 is 1.33 bits per heavy atom. The van der Waals surface area contributed by atoms with Crippen LogP contribution in [0.5, 0.6) is 0 Å². The number of aromatic amines is 2. The summed E-state index contributed by atoms with van der Waals surface area (Å²) in [5, 5.41) is 6.83. The highest BCUT2D eigenvalue weighted by molar-refractivity contribution is 7.71. The summed E-state index contributed by atoms with van der Waals surface area (Å²) in [6.45, 7) is 4.15. The molecular weight excluding hydrogens is 228 g/mol. The minimum Gasteiger partial charge on any atom is -0.281 e. The van der Waals surface area contributed by atoms with Gasteiger partial charge in [0.05, 0.1) is 15.6 Å². The smallest absolute Gasteiger partial charge is 0.213 e. The highest BCUT2D eigenvalue weighted by Gasteiger charge is 2.12. The summed E-state index contributed by atoms with van der Waals surface area (Å²) in [6.07, 6.45) is 2.06. The summed E-state index contributed by atoms with van der Waals surface area (Å²) in [6, 6.07) is 0. The zero-order valence-corrected chi connectivity index (χ0v) is 10.3. The van der Waals surface area contributed by atoms with E-state index in [4.69, 9.17) is 12.2 Å². The summed E-state index contributed by atoms with van der Waals surface area (Å²) < 4.78 is 0.485. The third kappa shape index (κ3) is 2.15. The minimum atomic E-state index is 0.485. The van der Waals surface area contributed by atoms with Crippen LogP contribution in [0.25, 0.3) is 10.7 Å². The number of aryl methyl sites for hydroxylation is 2. The SMILES string of the molecule is CCCc1nc(C)sc1-c1nc(=S)[nH][nH]1. The van der Waals surface area contributed by atoms with Crippen LogP contribution in [0.2, 0.25) is 0 Å². The third-order valence-electron chi connectivity index (χ3n) is 2.01. The molecular formula is C9H12N4S2. The first kappa shape index (κ1) is 10.5. The zero-order chi connectivity index (χ0) is 10.8. The van der Waals surface area contributed by atoms with Crippen molar-refractivity contribution in [2.45, 2.75) is 26.7 Å². The van der Waals surface area contributed by atoms with Crippen LogP contribution < -0.4 is 0 Å². The number of rotatable bonds is 3. The van der Waals surface area contributed by atoms with Crippen molar-refractivity contribution in [2.24, 2.45) is 0 Å². The molecule has 0 unspecified atom stereocenters. The van der Waals surface area contributed by atoms with E-state index in [0.29, 0.717) is 4.77 Å². The van der Waals surface area contributed by atoms with Crippen LogP contribution in [0, 0.1) is 11.7 Å². The Labute approximate surface area is 96.8 Å². The zero-order valence-electron chi connectivity index (χ0n) is 8.63. The van der Waals surface area contributed by atoms with Gasteiger partial charge in [-0.15, -0.1) is 11.3 Å². The quantitative estimate of drug-likeness (QED) is 0.811. The van der Waals surface area contributed by atoms with Crippen molar-refractivity contribution in [1.82, 2.24) is 20.2 Å². The van der Waals surface area contributed by atoms with Gasteiger partial charge in [0.1, 0.15) is 0 Å². The molecule has 80 valence electrons. The summed E-state index contributed by atoms with van der Waals surface area (Å²) in [5.41, 5.74) is 1.11. The van der Waals surface area contributed by atoms with Gasteiger partial charge in [0, 0.05) is 0 Å². The molecule has 0 atom stereocenters. The molecule has 2 aromatic rings. The predicted octanol–water partition coefficient (Wildman–Crippen LogP) is 2.85. The molecule has 0 bridgehead atoms. The van der Waals surface area contributed by atoms with Gasteiger partial charge in [0.25, 0.3) is 0 Å². The van der Waals surface area contributed by atoms with E-state index in [1.54, 1.807) is 11.3 Å². The van der Waals surface area contributed by atoms with Crippen LogP contribution in [-0.2, 0) is 6.42 Å². The van der Waals surface area contributed by atoms with Gasteiger partial charge in [-0.25, -0.2) is 4.98 Å². The molecule has 0 saturated heterocycles. The van der Waals surface area contributed by atoms with Gasteiger partial charge in [-0.05, 0) is 25.6 Å². The fraction of sp³-hybridized carbons (Fsp3) is 0.444. The Hall–Kier alpha value is -1.01. The molecule has 0 aliphatic carbocycles. The van der Waals surface area contributed by atoms with Crippen LogP contribution >= 0.6 is 23.6 Å². The summed E-state index contributed by atoms with van der Waals surface area (Å²) >= 11 is 6.58. The molecule has 0 aliphatic rings. The second-order valence-electron chi connectivity index (χ2n) is 3.27. The maximum Gasteiger partial charge on any atom is 0.213 e. The third-order valence-corrected chi connectivity index (χ3v) is 3.22. The number of thiazole rings is 1. The second-order valence-corrected chi connectivity index (χ2v) is 4.86. The Bertz CT molecular complexity index is 508. The molecule has 2 rings (SSSR count). The summed E-state index contributed by atoms with van der Waals surface area (Å²) in [7, 11) is 0. The van der Waals surface area contributed by atoms with E-state index in [2.05, 4.69) is 27.1 Å². The fourth-order valence-electron chi connectivity index (χ4n) is 1.44. The van der Waals surface area contributed by atoms with Gasteiger partial charge < -0.3 is 0 Å². The molecule has 0 amide bonds. The van der Waals surface area contributed by atoms with Crippen molar-refractivity contribution in [2.75, 3.05) is 0 Å². The molecule has 0 aliphatic heterocycles. The normalized spacial score (nSPS) is 10.8. The van der Waals surface area contributed by atoms with Crippen molar-refractivity contribution in [1.29, 1.82) is 0 Å². The summed E-state index contributed by atoms with van der Waals surface area (Å²) in [4.78, 5) is 9.81. The van der Waals surface area contributed by atoms with Crippen molar-refractivity contribution in [3.63, 3.8) is 0 Å². The lowest BCUT2D eigenvalue weighted by molar-refractivity contribution is 0.887. The Balaban J connectivity index is 2.46. The molecule has 2 heterocycles. The van der Waals surface area contributed by atoms with E-state index < -0.39 is 0 Å². The van der Waals surface area contributed by atoms with Crippen LogP contribution in [0.15, 0.2) is 0 Å². The Morgan fingerprint density at radius 3 is 2.73 bits per heavy atom. The van der Waals surface area contributed by atoms with Crippen molar-refractivity contribution in [3.8, 4) is 10.7 Å². The lowest BCUT2D eigenvalue weighted by atomic mass is 10.2. The van der Waals surface area contributed by atoms with Gasteiger partial charge >= 0.3 is 0 Å². The minimum absolute atomic E-state index is 0.485. The first-order valence-corrected chi connectivity index (χ1v) is 6.04. The first-order chi connectivity index (χ1) is 7.20. The van der Waals surface area contributed by atoms with Crippen LogP contribution in [0.1, 0.15) is 24.0 Å². The van der Waals surface area contributed by atoms with Gasteiger partial charge in [0.15, 0.2) is 5.82 Å². The number of aromatic nitrogens is 4. The maximum atomic E-state index is 4.93. The largest absolute Gasteiger partial charge is 0.281 e. The number of H-pyrrole nitrogens is 2. The van der Waals surface area contributed by atoms with E-state index in [-0.39, 0.29) is 0 Å². The molecule has 0 saturated carbocycles. The molecule has 0 fully saturated rings. The van der Waals surface area contributed by atoms with Gasteiger partial charge in [-0.3, -0.25) is 10.2 Å². The standard InChI is InChI=1S/C9H12N4S2/c1-3-4-6-7(15-5(2)10-6)8-11-9(14)13-12-8/h3-4H2,1-2H3,(H2,11,12,13,14). The Morgan fingerprint density at radius 2 is 2.13 bits per heavy atom. The van der Waals surface area contributed by atoms with Gasteiger partial charge in [-0.2, -0.15) is 4.98 Å². The number of hydrogen-bond donors (Lipinski definition) is 2. The van der Waals surface area contributed by atoms with Crippen molar-refractivity contribution >= 4 is 23.6 Å². The molecule has 0 radical (unpaired) electrons. The highest BCUT2D eigenvalue weighted by Crippen LogP contribution is 2.27. The van der Waals surface area contributed by atoms with Crippen LogP contribution in [-0.4, -0.2) is 20.2 Å². The second kappa shape index (κ2) is 4.24. The van der Waals surface area contributed by atoms with E-state index in [9.17, 15) is 0 Å². The maximum absolute atomic E-state index is 4.93. The molecule has 2 aromatic heterocycles. The average molecular weight is 240 g/mol. The first-order valence-electron chi connectivity index (χ1n) is 4.82. The number of nitrogens with one attached hydrogen (secondary N) is 2. The molecule has 2 N–H and O–H groups in total. The van der Waals surface area contributed by atoms with Crippen LogP contribution in [0.4, 0.5) is 0 Å². The number of hydrogen-bond acceptors (Lipinski definition) is 4. The monoisotopic (exact) mass is 240 g/mol. The van der Waals surface area contributed by atoms with Gasteiger partial charge in [0.2, 0.25) is 4.77 Å². The van der Waals surface area contributed by atoms with Crippen molar-refractivity contribution < 1.29 is 0 Å². The molecule has 0 aromatic carbocycles. The lowest BCUT2D eigenvalue weighted by Gasteiger charge is -1.95. The fourth-order valence-corrected chi connectivity index (χ4v) is 2.49.